The van der Waals surface area contributed by atoms with E-state index in [4.69, 9.17) is 0 Å². The van der Waals surface area contributed by atoms with Crippen molar-refractivity contribution >= 4 is 21.8 Å². The smallest absolute Gasteiger partial charge is 0.349 e. The van der Waals surface area contributed by atoms with E-state index in [9.17, 15) is 18.0 Å². The zero-order valence-electron chi connectivity index (χ0n) is 11.3. The quantitative estimate of drug-likeness (QED) is 0.844. The molecule has 1 amide bonds. The number of carbonyl (C=O) groups excluding carboxylic acids is 1. The van der Waals surface area contributed by atoms with Gasteiger partial charge in [-0.1, -0.05) is 15.9 Å². The predicted octanol–water partition coefficient (Wildman–Crippen LogP) is 3.34. The molecule has 1 aliphatic heterocycles. The molecule has 1 aromatic rings. The summed E-state index contributed by atoms with van der Waals surface area (Å²) in [6, 6.07) is 3.54. The molecule has 2 rings (SSSR count). The van der Waals surface area contributed by atoms with Crippen LogP contribution in [0.25, 0.3) is 0 Å². The van der Waals surface area contributed by atoms with E-state index in [0.717, 1.165) is 38.4 Å². The second kappa shape index (κ2) is 6.79. The van der Waals surface area contributed by atoms with E-state index in [2.05, 4.69) is 26.6 Å². The maximum Gasteiger partial charge on any atom is 0.417 e. The van der Waals surface area contributed by atoms with E-state index in [1.165, 1.54) is 12.1 Å². The lowest BCUT2D eigenvalue weighted by atomic mass is 10.1. The highest BCUT2D eigenvalue weighted by Crippen LogP contribution is 2.35. The largest absolute Gasteiger partial charge is 0.417 e. The highest BCUT2D eigenvalue weighted by Gasteiger charge is 2.33. The molecule has 1 unspecified atom stereocenters. The topological polar surface area (TPSA) is 41.1 Å². The molecule has 1 fully saturated rings. The van der Waals surface area contributed by atoms with Crippen LogP contribution in [0, 0.1) is 0 Å². The Hall–Kier alpha value is -1.08. The number of hydrogen-bond donors (Lipinski definition) is 2. The molecule has 116 valence electrons. The van der Waals surface area contributed by atoms with Gasteiger partial charge in [-0.25, -0.2) is 0 Å². The Balaban J connectivity index is 2.12. The molecule has 0 saturated carbocycles. The van der Waals surface area contributed by atoms with Crippen LogP contribution in [0.5, 0.6) is 0 Å². The molecule has 0 aliphatic carbocycles. The maximum absolute atomic E-state index is 12.8. The summed E-state index contributed by atoms with van der Waals surface area (Å²) in [5, 5.41) is 6.03. The van der Waals surface area contributed by atoms with Crippen molar-refractivity contribution in [1.29, 1.82) is 0 Å². The van der Waals surface area contributed by atoms with E-state index < -0.39 is 17.6 Å². The summed E-state index contributed by atoms with van der Waals surface area (Å²) in [6.07, 6.45) is -1.92. The molecule has 0 spiro atoms. The van der Waals surface area contributed by atoms with Crippen LogP contribution in [0.2, 0.25) is 0 Å². The van der Waals surface area contributed by atoms with Crippen LogP contribution in [0.4, 0.5) is 13.2 Å². The third-order valence-electron chi connectivity index (χ3n) is 3.44. The van der Waals surface area contributed by atoms with Crippen molar-refractivity contribution < 1.29 is 18.0 Å². The van der Waals surface area contributed by atoms with Gasteiger partial charge in [0.15, 0.2) is 0 Å². The lowest BCUT2D eigenvalue weighted by molar-refractivity contribution is -0.138. The predicted molar refractivity (Wildman–Crippen MR) is 77.1 cm³/mol. The number of rotatable bonds is 2. The summed E-state index contributed by atoms with van der Waals surface area (Å²) < 4.78 is 38.4. The fraction of sp³-hybridized carbons (Fsp3) is 0.500. The normalized spacial score (nSPS) is 19.9. The maximum atomic E-state index is 12.8. The van der Waals surface area contributed by atoms with Crippen molar-refractivity contribution in [1.82, 2.24) is 10.6 Å². The molecular formula is C14H16BrF3N2O. The average molecular weight is 365 g/mol. The summed E-state index contributed by atoms with van der Waals surface area (Å²) in [7, 11) is 0. The van der Waals surface area contributed by atoms with Gasteiger partial charge < -0.3 is 10.6 Å². The lowest BCUT2D eigenvalue weighted by Crippen LogP contribution is -2.35. The molecule has 1 aromatic carbocycles. The van der Waals surface area contributed by atoms with Gasteiger partial charge in [0.05, 0.1) is 5.56 Å². The van der Waals surface area contributed by atoms with Gasteiger partial charge in [-0.2, -0.15) is 13.2 Å². The Bertz CT molecular complexity index is 511. The number of amides is 1. The number of nitrogens with one attached hydrogen (secondary N) is 2. The molecule has 0 bridgehead atoms. The molecular weight excluding hydrogens is 349 g/mol. The monoisotopic (exact) mass is 364 g/mol. The van der Waals surface area contributed by atoms with Gasteiger partial charge in [0.25, 0.3) is 5.91 Å². The first kappa shape index (κ1) is 16.3. The van der Waals surface area contributed by atoms with Gasteiger partial charge >= 0.3 is 6.18 Å². The molecule has 2 N–H and O–H groups in total. The Morgan fingerprint density at radius 3 is 2.76 bits per heavy atom. The first-order chi connectivity index (χ1) is 9.88. The van der Waals surface area contributed by atoms with Gasteiger partial charge in [-0.3, -0.25) is 4.79 Å². The number of benzene rings is 1. The standard InChI is InChI=1S/C14H16BrF3N2O/c15-12-4-3-9(8-11(12)14(16,17)18)13(21)20-10-2-1-6-19-7-5-10/h3-4,8,10,19H,1-2,5-7H2,(H,20,21). The van der Waals surface area contributed by atoms with Crippen LogP contribution in [-0.2, 0) is 6.18 Å². The van der Waals surface area contributed by atoms with Crippen LogP contribution >= 0.6 is 15.9 Å². The van der Waals surface area contributed by atoms with Crippen LogP contribution < -0.4 is 10.6 Å². The minimum atomic E-state index is -4.48. The van der Waals surface area contributed by atoms with Crippen LogP contribution in [0.15, 0.2) is 22.7 Å². The number of halogens is 4. The summed E-state index contributed by atoms with van der Waals surface area (Å²) in [4.78, 5) is 12.1. The van der Waals surface area contributed by atoms with E-state index >= 15 is 0 Å². The molecule has 0 aromatic heterocycles. The SMILES string of the molecule is O=C(NC1CCCNCC1)c1ccc(Br)c(C(F)(F)F)c1. The fourth-order valence-electron chi connectivity index (χ4n) is 2.32. The minimum Gasteiger partial charge on any atom is -0.349 e. The van der Waals surface area contributed by atoms with Crippen molar-refractivity contribution in [2.24, 2.45) is 0 Å². The van der Waals surface area contributed by atoms with Crippen molar-refractivity contribution in [3.63, 3.8) is 0 Å². The highest BCUT2D eigenvalue weighted by atomic mass is 79.9. The molecule has 21 heavy (non-hydrogen) atoms. The molecule has 0 radical (unpaired) electrons. The van der Waals surface area contributed by atoms with Crippen LogP contribution in [0.3, 0.4) is 0 Å². The summed E-state index contributed by atoms with van der Waals surface area (Å²) in [5.74, 6) is -0.458. The molecule has 3 nitrogen and oxygen atoms in total. The van der Waals surface area contributed by atoms with Crippen LogP contribution in [0.1, 0.15) is 35.2 Å². The Kier molecular flexibility index (Phi) is 5.27. The number of carbonyl (C=O) groups is 1. The van der Waals surface area contributed by atoms with Gasteiger partial charge in [-0.05, 0) is 50.6 Å². The number of hydrogen-bond acceptors (Lipinski definition) is 2. The van der Waals surface area contributed by atoms with Crippen molar-refractivity contribution in [2.75, 3.05) is 13.1 Å². The van der Waals surface area contributed by atoms with E-state index in [0.29, 0.717) is 0 Å². The molecule has 1 saturated heterocycles. The summed E-state index contributed by atoms with van der Waals surface area (Å²) in [5.41, 5.74) is -0.805. The Morgan fingerprint density at radius 1 is 1.29 bits per heavy atom. The summed E-state index contributed by atoms with van der Waals surface area (Å²) in [6.45, 7) is 1.71. The fourth-order valence-corrected chi connectivity index (χ4v) is 2.79. The summed E-state index contributed by atoms with van der Waals surface area (Å²) >= 11 is 2.86. The van der Waals surface area contributed by atoms with Crippen molar-refractivity contribution in [2.45, 2.75) is 31.5 Å². The lowest BCUT2D eigenvalue weighted by Gasteiger charge is -2.17. The highest BCUT2D eigenvalue weighted by molar-refractivity contribution is 9.10. The van der Waals surface area contributed by atoms with Crippen molar-refractivity contribution in [3.8, 4) is 0 Å². The van der Waals surface area contributed by atoms with E-state index in [1.807, 2.05) is 0 Å². The zero-order valence-corrected chi connectivity index (χ0v) is 12.9. The first-order valence-corrected chi connectivity index (χ1v) is 7.55. The van der Waals surface area contributed by atoms with E-state index in [1.54, 1.807) is 0 Å². The van der Waals surface area contributed by atoms with Gasteiger partial charge in [-0.15, -0.1) is 0 Å². The molecule has 1 atom stereocenters. The molecule has 1 heterocycles. The second-order valence-corrected chi connectivity index (χ2v) is 5.90. The Morgan fingerprint density at radius 2 is 2.05 bits per heavy atom. The second-order valence-electron chi connectivity index (χ2n) is 5.04. The molecule has 1 aliphatic rings. The Labute approximate surface area is 129 Å². The third kappa shape index (κ3) is 4.44. The average Bonchev–Trinajstić information content (AvgIpc) is 2.66. The van der Waals surface area contributed by atoms with Gasteiger partial charge in [0.2, 0.25) is 0 Å². The third-order valence-corrected chi connectivity index (χ3v) is 4.14. The zero-order chi connectivity index (χ0) is 15.5. The number of alkyl halides is 3. The van der Waals surface area contributed by atoms with Gasteiger partial charge in [0, 0.05) is 16.1 Å². The first-order valence-electron chi connectivity index (χ1n) is 6.76. The minimum absolute atomic E-state index is 0.00508. The molecule has 7 heteroatoms. The van der Waals surface area contributed by atoms with E-state index in [-0.39, 0.29) is 16.1 Å². The van der Waals surface area contributed by atoms with Gasteiger partial charge in [0.1, 0.15) is 0 Å². The van der Waals surface area contributed by atoms with Crippen molar-refractivity contribution in [3.05, 3.63) is 33.8 Å². The van der Waals surface area contributed by atoms with Crippen LogP contribution in [-0.4, -0.2) is 25.0 Å².